The van der Waals surface area contributed by atoms with Gasteiger partial charge in [0.1, 0.15) is 11.5 Å². The van der Waals surface area contributed by atoms with Crippen LogP contribution in [0.1, 0.15) is 30.2 Å². The minimum absolute atomic E-state index is 0.0372. The molecule has 1 heterocycles. The monoisotopic (exact) mass is 348 g/mol. The molecule has 106 valence electrons. The Morgan fingerprint density at radius 1 is 1.26 bits per heavy atom. The number of hydrogen-bond donors (Lipinski definition) is 0. The molecule has 1 fully saturated rings. The second-order valence-corrected chi connectivity index (χ2v) is 5.86. The maximum absolute atomic E-state index is 6.57. The molecule has 0 aromatic heterocycles. The van der Waals surface area contributed by atoms with E-state index in [4.69, 9.17) is 25.8 Å². The summed E-state index contributed by atoms with van der Waals surface area (Å²) in [6.07, 6.45) is 3.29. The summed E-state index contributed by atoms with van der Waals surface area (Å²) in [5.41, 5.74) is 0.913. The molecule has 1 aliphatic heterocycles. The molecule has 0 N–H and O–H groups in total. The van der Waals surface area contributed by atoms with E-state index in [9.17, 15) is 0 Å². The highest BCUT2D eigenvalue weighted by molar-refractivity contribution is 9.10. The molecule has 0 bridgehead atoms. The molecule has 2 atom stereocenters. The molecule has 3 nitrogen and oxygen atoms in total. The summed E-state index contributed by atoms with van der Waals surface area (Å²) in [4.78, 5) is 0. The fraction of sp³-hybridized carbons (Fsp3) is 0.571. The van der Waals surface area contributed by atoms with E-state index in [1.807, 2.05) is 12.1 Å². The van der Waals surface area contributed by atoms with E-state index in [1.54, 1.807) is 14.2 Å². The van der Waals surface area contributed by atoms with Gasteiger partial charge >= 0.3 is 0 Å². The lowest BCUT2D eigenvalue weighted by molar-refractivity contribution is 0.0132. The van der Waals surface area contributed by atoms with E-state index in [0.717, 1.165) is 47.4 Å². The third-order valence-electron chi connectivity index (χ3n) is 3.34. The van der Waals surface area contributed by atoms with Gasteiger partial charge in [-0.05, 0) is 47.3 Å². The Bertz CT molecular complexity index is 433. The molecule has 5 heteroatoms. The molecule has 0 radical (unpaired) electrons. The number of alkyl halides is 1. The molecule has 2 rings (SSSR count). The zero-order valence-corrected chi connectivity index (χ0v) is 13.5. The SMILES string of the molecule is COc1cc(C(Cl)C2CCCCO2)c(OC)cc1Br. The second kappa shape index (κ2) is 6.82. The highest BCUT2D eigenvalue weighted by Crippen LogP contribution is 2.41. The summed E-state index contributed by atoms with van der Waals surface area (Å²) in [6, 6.07) is 3.80. The number of benzene rings is 1. The molecule has 0 aliphatic carbocycles. The lowest BCUT2D eigenvalue weighted by Crippen LogP contribution is -2.24. The van der Waals surface area contributed by atoms with Gasteiger partial charge in [0, 0.05) is 12.2 Å². The van der Waals surface area contributed by atoms with Crippen LogP contribution >= 0.6 is 27.5 Å². The van der Waals surface area contributed by atoms with Gasteiger partial charge in [-0.15, -0.1) is 11.6 Å². The lowest BCUT2D eigenvalue weighted by atomic mass is 10.00. The van der Waals surface area contributed by atoms with Crippen LogP contribution in [0.4, 0.5) is 0 Å². The van der Waals surface area contributed by atoms with Gasteiger partial charge in [0.05, 0.1) is 30.2 Å². The number of ether oxygens (including phenoxy) is 3. The van der Waals surface area contributed by atoms with Crippen LogP contribution in [-0.2, 0) is 4.74 Å². The standard InChI is InChI=1S/C14H18BrClO3/c1-17-12-8-10(15)13(18-2)7-9(12)14(16)11-5-3-4-6-19-11/h7-8,11,14H,3-6H2,1-2H3. The largest absolute Gasteiger partial charge is 0.496 e. The Morgan fingerprint density at radius 3 is 2.58 bits per heavy atom. The van der Waals surface area contributed by atoms with Crippen LogP contribution in [0.2, 0.25) is 0 Å². The first kappa shape index (κ1) is 14.9. The van der Waals surface area contributed by atoms with Crippen LogP contribution in [0, 0.1) is 0 Å². The number of hydrogen-bond acceptors (Lipinski definition) is 3. The predicted molar refractivity (Wildman–Crippen MR) is 79.4 cm³/mol. The minimum atomic E-state index is -0.225. The van der Waals surface area contributed by atoms with Crippen molar-refractivity contribution in [1.82, 2.24) is 0 Å². The van der Waals surface area contributed by atoms with Crippen molar-refractivity contribution < 1.29 is 14.2 Å². The van der Waals surface area contributed by atoms with Gasteiger partial charge < -0.3 is 14.2 Å². The average Bonchev–Trinajstić information content (AvgIpc) is 2.47. The molecule has 19 heavy (non-hydrogen) atoms. The van der Waals surface area contributed by atoms with Gasteiger partial charge in [-0.25, -0.2) is 0 Å². The summed E-state index contributed by atoms with van der Waals surface area (Å²) in [5.74, 6) is 1.50. The third-order valence-corrected chi connectivity index (χ3v) is 4.48. The lowest BCUT2D eigenvalue weighted by Gasteiger charge is -2.28. The number of halogens is 2. The fourth-order valence-corrected chi connectivity index (χ4v) is 3.15. The maximum atomic E-state index is 6.57. The molecule has 2 unspecified atom stereocenters. The van der Waals surface area contributed by atoms with E-state index in [0.29, 0.717) is 0 Å². The van der Waals surface area contributed by atoms with E-state index in [-0.39, 0.29) is 11.5 Å². The summed E-state index contributed by atoms with van der Waals surface area (Å²) in [6.45, 7) is 0.782. The average molecular weight is 350 g/mol. The third kappa shape index (κ3) is 3.36. The minimum Gasteiger partial charge on any atom is -0.496 e. The Balaban J connectivity index is 2.30. The van der Waals surface area contributed by atoms with Crippen molar-refractivity contribution in [3.63, 3.8) is 0 Å². The van der Waals surface area contributed by atoms with Gasteiger partial charge in [0.2, 0.25) is 0 Å². The Hall–Kier alpha value is -0.450. The molecular formula is C14H18BrClO3. The molecule has 0 amide bonds. The van der Waals surface area contributed by atoms with Crippen molar-refractivity contribution in [2.24, 2.45) is 0 Å². The maximum Gasteiger partial charge on any atom is 0.133 e. The Morgan fingerprint density at radius 2 is 2.00 bits per heavy atom. The fourth-order valence-electron chi connectivity index (χ4n) is 2.30. The van der Waals surface area contributed by atoms with Crippen molar-refractivity contribution in [3.8, 4) is 11.5 Å². The van der Waals surface area contributed by atoms with E-state index in [2.05, 4.69) is 15.9 Å². The summed E-state index contributed by atoms with van der Waals surface area (Å²) >= 11 is 10.0. The van der Waals surface area contributed by atoms with Crippen molar-refractivity contribution in [3.05, 3.63) is 22.2 Å². The molecule has 1 saturated heterocycles. The molecule has 1 aliphatic rings. The van der Waals surface area contributed by atoms with Gasteiger partial charge in [-0.1, -0.05) is 0 Å². The summed E-state index contributed by atoms with van der Waals surface area (Å²) in [5, 5.41) is -0.225. The number of methoxy groups -OCH3 is 2. The van der Waals surface area contributed by atoms with Gasteiger partial charge in [0.25, 0.3) is 0 Å². The highest BCUT2D eigenvalue weighted by atomic mass is 79.9. The van der Waals surface area contributed by atoms with E-state index >= 15 is 0 Å². The Kier molecular flexibility index (Phi) is 5.37. The van der Waals surface area contributed by atoms with Crippen molar-refractivity contribution >= 4 is 27.5 Å². The van der Waals surface area contributed by atoms with Gasteiger partial charge in [0.15, 0.2) is 0 Å². The highest BCUT2D eigenvalue weighted by Gasteiger charge is 2.27. The second-order valence-electron chi connectivity index (χ2n) is 4.54. The zero-order valence-electron chi connectivity index (χ0n) is 11.1. The summed E-state index contributed by atoms with van der Waals surface area (Å²) < 4.78 is 17.3. The first-order chi connectivity index (χ1) is 9.17. The van der Waals surface area contributed by atoms with Crippen molar-refractivity contribution in [2.75, 3.05) is 20.8 Å². The molecule has 1 aromatic carbocycles. The predicted octanol–water partition coefficient (Wildman–Crippen LogP) is 4.32. The smallest absolute Gasteiger partial charge is 0.133 e. The van der Waals surface area contributed by atoms with Crippen LogP contribution in [0.15, 0.2) is 16.6 Å². The van der Waals surface area contributed by atoms with Gasteiger partial charge in [-0.2, -0.15) is 0 Å². The number of rotatable bonds is 4. The summed E-state index contributed by atoms with van der Waals surface area (Å²) in [7, 11) is 3.28. The normalized spacial score (nSPS) is 20.9. The molecule has 0 spiro atoms. The van der Waals surface area contributed by atoms with Crippen molar-refractivity contribution in [2.45, 2.75) is 30.7 Å². The van der Waals surface area contributed by atoms with E-state index in [1.165, 1.54) is 0 Å². The molecule has 0 saturated carbocycles. The van der Waals surface area contributed by atoms with E-state index < -0.39 is 0 Å². The Labute approximate surface area is 127 Å². The topological polar surface area (TPSA) is 27.7 Å². The van der Waals surface area contributed by atoms with Crippen LogP contribution in [0.25, 0.3) is 0 Å². The van der Waals surface area contributed by atoms with Gasteiger partial charge in [-0.3, -0.25) is 0 Å². The first-order valence-corrected chi connectivity index (χ1v) is 7.57. The quantitative estimate of drug-likeness (QED) is 0.758. The van der Waals surface area contributed by atoms with Crippen LogP contribution < -0.4 is 9.47 Å². The van der Waals surface area contributed by atoms with Crippen LogP contribution in [-0.4, -0.2) is 26.9 Å². The van der Waals surface area contributed by atoms with Crippen molar-refractivity contribution in [1.29, 1.82) is 0 Å². The van der Waals surface area contributed by atoms with Crippen LogP contribution in [0.5, 0.6) is 11.5 Å². The molecular weight excluding hydrogens is 332 g/mol. The zero-order chi connectivity index (χ0) is 13.8. The first-order valence-electron chi connectivity index (χ1n) is 6.34. The van der Waals surface area contributed by atoms with Crippen LogP contribution in [0.3, 0.4) is 0 Å². The molecule has 1 aromatic rings.